The lowest BCUT2D eigenvalue weighted by atomic mass is 10.3. The Balaban J connectivity index is 0. The van der Waals surface area contributed by atoms with Crippen molar-refractivity contribution in [1.82, 2.24) is 10.6 Å². The normalized spacial score (nSPS) is 9.29. The number of nitrogens with one attached hydrogen (secondary N) is 2. The number of nitrogens with two attached hydrogens (primary N) is 1. The summed E-state index contributed by atoms with van der Waals surface area (Å²) in [5, 5.41) is 6.04. The fraction of sp³-hybridized carbons (Fsp3) is 0.889. The van der Waals surface area contributed by atoms with Crippen molar-refractivity contribution >= 4 is 18.3 Å². The number of carbonyl (C=O) groups excluding carboxylic acids is 1. The van der Waals surface area contributed by atoms with E-state index in [4.69, 9.17) is 5.73 Å². The van der Waals surface area contributed by atoms with Crippen molar-refractivity contribution in [1.29, 1.82) is 0 Å². The number of halogens is 1. The van der Waals surface area contributed by atoms with Gasteiger partial charge in [-0.3, -0.25) is 4.79 Å². The number of rotatable bonds is 8. The lowest BCUT2D eigenvalue weighted by Gasteiger charge is -2.03. The topological polar surface area (TPSA) is 67.2 Å². The number of unbranched alkanes of at least 4 members (excludes halogenated alkanes) is 1. The maximum Gasteiger partial charge on any atom is 0.216 e. The molecule has 0 aliphatic rings. The van der Waals surface area contributed by atoms with Crippen LogP contribution in [0.1, 0.15) is 26.2 Å². The Morgan fingerprint density at radius 1 is 1.14 bits per heavy atom. The third kappa shape index (κ3) is 14.2. The van der Waals surface area contributed by atoms with E-state index in [1.807, 2.05) is 0 Å². The van der Waals surface area contributed by atoms with Gasteiger partial charge in [0, 0.05) is 13.5 Å². The molecule has 0 rings (SSSR count). The summed E-state index contributed by atoms with van der Waals surface area (Å²) < 4.78 is 0. The van der Waals surface area contributed by atoms with E-state index < -0.39 is 0 Å². The summed E-state index contributed by atoms with van der Waals surface area (Å²) in [6.07, 6.45) is 3.17. The van der Waals surface area contributed by atoms with Gasteiger partial charge in [-0.05, 0) is 38.9 Å². The largest absolute Gasteiger partial charge is 0.356 e. The first-order chi connectivity index (χ1) is 6.27. The summed E-state index contributed by atoms with van der Waals surface area (Å²) in [5.41, 5.74) is 5.34. The molecule has 0 aromatic rings. The molecule has 0 saturated heterocycles. The van der Waals surface area contributed by atoms with Crippen LogP contribution in [0.15, 0.2) is 0 Å². The van der Waals surface area contributed by atoms with Crippen LogP contribution in [0, 0.1) is 0 Å². The van der Waals surface area contributed by atoms with Gasteiger partial charge >= 0.3 is 0 Å². The predicted molar refractivity (Wildman–Crippen MR) is 61.7 cm³/mol. The molecular weight excluding hydrogens is 202 g/mol. The van der Waals surface area contributed by atoms with Crippen LogP contribution in [0.2, 0.25) is 0 Å². The molecule has 0 fully saturated rings. The average molecular weight is 224 g/mol. The highest BCUT2D eigenvalue weighted by Crippen LogP contribution is 1.84. The van der Waals surface area contributed by atoms with Gasteiger partial charge in [0.15, 0.2) is 0 Å². The Morgan fingerprint density at radius 3 is 2.29 bits per heavy atom. The van der Waals surface area contributed by atoms with Crippen LogP contribution in [0.5, 0.6) is 0 Å². The standard InChI is InChI=1S/C9H21N3O.ClH/c1-9(13)12-8-3-2-6-11-7-4-5-10;/h11H,2-8,10H2,1H3,(H,12,13);1H. The fourth-order valence-corrected chi connectivity index (χ4v) is 0.991. The molecule has 14 heavy (non-hydrogen) atoms. The number of hydrogen-bond acceptors (Lipinski definition) is 3. The maximum absolute atomic E-state index is 10.5. The Hall–Kier alpha value is -0.320. The van der Waals surface area contributed by atoms with E-state index in [-0.39, 0.29) is 18.3 Å². The summed E-state index contributed by atoms with van der Waals surface area (Å²) in [6, 6.07) is 0. The summed E-state index contributed by atoms with van der Waals surface area (Å²) in [5.74, 6) is 0.0519. The molecule has 0 spiro atoms. The minimum atomic E-state index is 0. The molecule has 0 heterocycles. The van der Waals surface area contributed by atoms with Crippen molar-refractivity contribution in [3.05, 3.63) is 0 Å². The monoisotopic (exact) mass is 223 g/mol. The van der Waals surface area contributed by atoms with Crippen LogP contribution in [-0.2, 0) is 4.79 Å². The minimum Gasteiger partial charge on any atom is -0.356 e. The zero-order chi connectivity index (χ0) is 9.94. The minimum absolute atomic E-state index is 0. The molecule has 0 saturated carbocycles. The molecule has 1 amide bonds. The molecule has 0 aromatic carbocycles. The van der Waals surface area contributed by atoms with Gasteiger partial charge in [-0.25, -0.2) is 0 Å². The number of hydrogen-bond donors (Lipinski definition) is 3. The van der Waals surface area contributed by atoms with E-state index in [0.29, 0.717) is 0 Å². The number of carbonyl (C=O) groups is 1. The predicted octanol–water partition coefficient (Wildman–Crippen LogP) is 0.263. The van der Waals surface area contributed by atoms with Crippen molar-refractivity contribution < 1.29 is 4.79 Å². The van der Waals surface area contributed by atoms with E-state index >= 15 is 0 Å². The van der Waals surface area contributed by atoms with Crippen LogP contribution in [0.4, 0.5) is 0 Å². The van der Waals surface area contributed by atoms with Gasteiger partial charge in [0.2, 0.25) is 5.91 Å². The van der Waals surface area contributed by atoms with Crippen molar-refractivity contribution in [3.63, 3.8) is 0 Å². The van der Waals surface area contributed by atoms with Gasteiger partial charge in [0.05, 0.1) is 0 Å². The first-order valence-electron chi connectivity index (χ1n) is 4.92. The Kier molecular flexibility index (Phi) is 14.6. The van der Waals surface area contributed by atoms with Crippen LogP contribution in [0.25, 0.3) is 0 Å². The van der Waals surface area contributed by atoms with Crippen molar-refractivity contribution in [2.24, 2.45) is 5.73 Å². The van der Waals surface area contributed by atoms with Crippen molar-refractivity contribution in [2.45, 2.75) is 26.2 Å². The smallest absolute Gasteiger partial charge is 0.216 e. The SMILES string of the molecule is CC(=O)NCCCCNCCCN.Cl. The summed E-state index contributed by atoms with van der Waals surface area (Å²) in [4.78, 5) is 10.5. The Labute approximate surface area is 92.4 Å². The van der Waals surface area contributed by atoms with Crippen LogP contribution >= 0.6 is 12.4 Å². The van der Waals surface area contributed by atoms with Gasteiger partial charge < -0.3 is 16.4 Å². The molecule has 0 aliphatic heterocycles. The molecule has 0 aliphatic carbocycles. The quantitative estimate of drug-likeness (QED) is 0.518. The summed E-state index contributed by atoms with van der Waals surface area (Å²) in [6.45, 7) is 5.09. The average Bonchev–Trinajstić information content (AvgIpc) is 2.09. The van der Waals surface area contributed by atoms with Crippen molar-refractivity contribution in [3.8, 4) is 0 Å². The highest BCUT2D eigenvalue weighted by molar-refractivity contribution is 5.85. The molecule has 4 nitrogen and oxygen atoms in total. The highest BCUT2D eigenvalue weighted by Gasteiger charge is 1.90. The molecule has 0 unspecified atom stereocenters. The molecule has 0 aromatic heterocycles. The maximum atomic E-state index is 10.5. The fourth-order valence-electron chi connectivity index (χ4n) is 0.991. The molecule has 5 heteroatoms. The summed E-state index contributed by atoms with van der Waals surface area (Å²) >= 11 is 0. The lowest BCUT2D eigenvalue weighted by Crippen LogP contribution is -2.23. The van der Waals surface area contributed by atoms with E-state index in [1.54, 1.807) is 6.92 Å². The second kappa shape index (κ2) is 12.7. The van der Waals surface area contributed by atoms with E-state index in [2.05, 4.69) is 10.6 Å². The molecule has 86 valence electrons. The second-order valence-corrected chi connectivity index (χ2v) is 3.08. The Bertz CT molecular complexity index is 133. The van der Waals surface area contributed by atoms with Crippen LogP contribution < -0.4 is 16.4 Å². The van der Waals surface area contributed by atoms with Gasteiger partial charge in [-0.1, -0.05) is 0 Å². The first-order valence-corrected chi connectivity index (χ1v) is 4.92. The molecule has 0 bridgehead atoms. The number of amides is 1. The van der Waals surface area contributed by atoms with Gasteiger partial charge in [-0.2, -0.15) is 0 Å². The van der Waals surface area contributed by atoms with E-state index in [0.717, 1.165) is 45.4 Å². The van der Waals surface area contributed by atoms with Crippen LogP contribution in [0.3, 0.4) is 0 Å². The van der Waals surface area contributed by atoms with Gasteiger partial charge in [0.1, 0.15) is 0 Å². The van der Waals surface area contributed by atoms with E-state index in [9.17, 15) is 4.79 Å². The first kappa shape index (κ1) is 16.1. The lowest BCUT2D eigenvalue weighted by molar-refractivity contribution is -0.118. The zero-order valence-electron chi connectivity index (χ0n) is 8.84. The molecule has 0 radical (unpaired) electrons. The molecule has 4 N–H and O–H groups in total. The third-order valence-electron chi connectivity index (χ3n) is 1.71. The zero-order valence-corrected chi connectivity index (χ0v) is 9.66. The van der Waals surface area contributed by atoms with Gasteiger partial charge in [-0.15, -0.1) is 12.4 Å². The highest BCUT2D eigenvalue weighted by atomic mass is 35.5. The van der Waals surface area contributed by atoms with Crippen molar-refractivity contribution in [2.75, 3.05) is 26.2 Å². The second-order valence-electron chi connectivity index (χ2n) is 3.08. The molecule has 0 atom stereocenters. The third-order valence-corrected chi connectivity index (χ3v) is 1.71. The van der Waals surface area contributed by atoms with Gasteiger partial charge in [0.25, 0.3) is 0 Å². The van der Waals surface area contributed by atoms with E-state index in [1.165, 1.54) is 0 Å². The molecular formula is C9H22ClN3O. The Morgan fingerprint density at radius 2 is 1.71 bits per heavy atom. The van der Waals surface area contributed by atoms with Crippen LogP contribution in [-0.4, -0.2) is 32.1 Å². The summed E-state index contributed by atoms with van der Waals surface area (Å²) in [7, 11) is 0.